The first kappa shape index (κ1) is 21.8. The number of nitrogens with one attached hydrogen (secondary N) is 2. The lowest BCUT2D eigenvalue weighted by molar-refractivity contribution is 0.626. The molecule has 2 heterocycles. The lowest BCUT2D eigenvalue weighted by Gasteiger charge is -2.11. The molecule has 148 valence electrons. The summed E-state index contributed by atoms with van der Waals surface area (Å²) in [7, 11) is 0. The maximum Gasteiger partial charge on any atom is 0.191 e. The summed E-state index contributed by atoms with van der Waals surface area (Å²) in [4.78, 5) is 13.3. The van der Waals surface area contributed by atoms with Crippen LogP contribution in [0.5, 0.6) is 0 Å². The van der Waals surface area contributed by atoms with Gasteiger partial charge in [-0.1, -0.05) is 18.2 Å². The van der Waals surface area contributed by atoms with Crippen molar-refractivity contribution in [2.45, 2.75) is 26.9 Å². The fourth-order valence-electron chi connectivity index (χ4n) is 2.57. The van der Waals surface area contributed by atoms with E-state index < -0.39 is 0 Å². The minimum Gasteiger partial charge on any atom is -0.357 e. The summed E-state index contributed by atoms with van der Waals surface area (Å²) in [5.74, 6) is 2.20. The molecule has 3 rings (SSSR count). The van der Waals surface area contributed by atoms with E-state index in [4.69, 9.17) is 0 Å². The molecule has 0 bridgehead atoms. The molecular weight excluding hydrogens is 470 g/mol. The number of aliphatic imine (C=N–C) groups is 1. The average molecular weight is 494 g/mol. The van der Waals surface area contributed by atoms with E-state index in [-0.39, 0.29) is 29.8 Å². The quantitative estimate of drug-likeness (QED) is 0.313. The number of halogens is 2. The average Bonchev–Trinajstić information content (AvgIpc) is 3.11. The second kappa shape index (κ2) is 10.7. The molecule has 6 nitrogen and oxygen atoms in total. The molecule has 0 unspecified atom stereocenters. The van der Waals surface area contributed by atoms with Gasteiger partial charge in [0.15, 0.2) is 5.96 Å². The Morgan fingerprint density at radius 2 is 1.82 bits per heavy atom. The van der Waals surface area contributed by atoms with Crippen LogP contribution in [0.1, 0.15) is 23.9 Å². The predicted molar refractivity (Wildman–Crippen MR) is 120 cm³/mol. The first-order valence-corrected chi connectivity index (χ1v) is 8.87. The van der Waals surface area contributed by atoms with Gasteiger partial charge in [-0.15, -0.1) is 24.0 Å². The molecule has 1 aromatic carbocycles. The lowest BCUT2D eigenvalue weighted by Crippen LogP contribution is -2.36. The Morgan fingerprint density at radius 1 is 1.07 bits per heavy atom. The van der Waals surface area contributed by atoms with Crippen molar-refractivity contribution in [1.29, 1.82) is 0 Å². The molecule has 0 saturated heterocycles. The second-order valence-corrected chi connectivity index (χ2v) is 6.04. The van der Waals surface area contributed by atoms with Gasteiger partial charge in [0.1, 0.15) is 17.5 Å². The molecule has 0 amide bonds. The third kappa shape index (κ3) is 6.01. The van der Waals surface area contributed by atoms with E-state index in [1.807, 2.05) is 42.9 Å². The van der Waals surface area contributed by atoms with Gasteiger partial charge in [-0.3, -0.25) is 4.57 Å². The number of pyridine rings is 1. The van der Waals surface area contributed by atoms with Gasteiger partial charge in [-0.2, -0.15) is 0 Å². The molecule has 0 aliphatic heterocycles. The van der Waals surface area contributed by atoms with E-state index in [1.165, 1.54) is 12.1 Å². The van der Waals surface area contributed by atoms with Crippen molar-refractivity contribution < 1.29 is 4.39 Å². The Hall–Kier alpha value is -2.49. The lowest BCUT2D eigenvalue weighted by atomic mass is 10.2. The Labute approximate surface area is 181 Å². The zero-order valence-corrected chi connectivity index (χ0v) is 18.2. The van der Waals surface area contributed by atoms with Crippen LogP contribution in [0.2, 0.25) is 0 Å². The predicted octanol–water partition coefficient (Wildman–Crippen LogP) is 3.59. The van der Waals surface area contributed by atoms with Crippen molar-refractivity contribution in [3.05, 3.63) is 77.8 Å². The van der Waals surface area contributed by atoms with Gasteiger partial charge < -0.3 is 10.6 Å². The number of guanidine groups is 1. The van der Waals surface area contributed by atoms with Crippen molar-refractivity contribution in [1.82, 2.24) is 25.2 Å². The number of aryl methyl sites for hydroxylation is 1. The van der Waals surface area contributed by atoms with Crippen LogP contribution >= 0.6 is 24.0 Å². The first-order valence-electron chi connectivity index (χ1n) is 8.87. The van der Waals surface area contributed by atoms with Crippen LogP contribution in [0.3, 0.4) is 0 Å². The van der Waals surface area contributed by atoms with Crippen molar-refractivity contribution in [2.75, 3.05) is 6.54 Å². The SMILES string of the molecule is CCNC(=NCc1ccc(-n2ccnc2C)nc1)NCc1ccc(F)cc1.I. The summed E-state index contributed by atoms with van der Waals surface area (Å²) in [5.41, 5.74) is 2.00. The monoisotopic (exact) mass is 494 g/mol. The molecule has 0 atom stereocenters. The van der Waals surface area contributed by atoms with Gasteiger partial charge >= 0.3 is 0 Å². The van der Waals surface area contributed by atoms with E-state index in [0.717, 1.165) is 29.3 Å². The van der Waals surface area contributed by atoms with Crippen molar-refractivity contribution >= 4 is 29.9 Å². The van der Waals surface area contributed by atoms with Crippen LogP contribution in [-0.2, 0) is 13.1 Å². The van der Waals surface area contributed by atoms with Crippen molar-refractivity contribution in [3.8, 4) is 5.82 Å². The van der Waals surface area contributed by atoms with E-state index >= 15 is 0 Å². The summed E-state index contributed by atoms with van der Waals surface area (Å²) < 4.78 is 14.9. The largest absolute Gasteiger partial charge is 0.357 e. The molecule has 28 heavy (non-hydrogen) atoms. The van der Waals surface area contributed by atoms with E-state index in [1.54, 1.807) is 18.3 Å². The van der Waals surface area contributed by atoms with E-state index in [0.29, 0.717) is 19.0 Å². The summed E-state index contributed by atoms with van der Waals surface area (Å²) >= 11 is 0. The smallest absolute Gasteiger partial charge is 0.191 e. The van der Waals surface area contributed by atoms with Gasteiger partial charge in [0, 0.05) is 31.7 Å². The second-order valence-electron chi connectivity index (χ2n) is 6.04. The highest BCUT2D eigenvalue weighted by Gasteiger charge is 2.03. The Balaban J connectivity index is 0.00000280. The number of rotatable bonds is 6. The van der Waals surface area contributed by atoms with Crippen LogP contribution in [0, 0.1) is 12.7 Å². The maximum absolute atomic E-state index is 13.0. The molecule has 0 fully saturated rings. The Bertz CT molecular complexity index is 890. The number of nitrogens with zero attached hydrogens (tertiary/aromatic N) is 4. The highest BCUT2D eigenvalue weighted by molar-refractivity contribution is 14.0. The van der Waals surface area contributed by atoms with Gasteiger partial charge in [-0.05, 0) is 43.2 Å². The third-order valence-electron chi connectivity index (χ3n) is 4.02. The molecule has 2 aromatic heterocycles. The molecule has 8 heteroatoms. The zero-order valence-electron chi connectivity index (χ0n) is 15.9. The minimum atomic E-state index is -0.235. The minimum absolute atomic E-state index is 0. The molecule has 3 aromatic rings. The number of hydrogen-bond donors (Lipinski definition) is 2. The normalized spacial score (nSPS) is 11.0. The standard InChI is InChI=1S/C20H23FN6.HI/c1-3-22-20(25-12-16-4-7-18(21)8-5-16)26-14-17-6-9-19(24-13-17)27-11-10-23-15(27)2;/h4-11,13H,3,12,14H2,1-2H3,(H2,22,25,26);1H. The number of benzene rings is 1. The number of hydrogen-bond acceptors (Lipinski definition) is 3. The van der Waals surface area contributed by atoms with Gasteiger partial charge in [0.2, 0.25) is 0 Å². The van der Waals surface area contributed by atoms with Gasteiger partial charge in [0.05, 0.1) is 6.54 Å². The number of imidazole rings is 1. The fourth-order valence-corrected chi connectivity index (χ4v) is 2.57. The van der Waals surface area contributed by atoms with Crippen LogP contribution < -0.4 is 10.6 Å². The Morgan fingerprint density at radius 3 is 2.43 bits per heavy atom. The summed E-state index contributed by atoms with van der Waals surface area (Å²) in [5, 5.41) is 6.46. The molecule has 0 radical (unpaired) electrons. The molecule has 0 aliphatic rings. The topological polar surface area (TPSA) is 67.1 Å². The molecule has 0 aliphatic carbocycles. The van der Waals surface area contributed by atoms with Gasteiger partial charge in [-0.25, -0.2) is 19.4 Å². The molecule has 2 N–H and O–H groups in total. The zero-order chi connectivity index (χ0) is 19.1. The van der Waals surface area contributed by atoms with Gasteiger partial charge in [0.25, 0.3) is 0 Å². The summed E-state index contributed by atoms with van der Waals surface area (Å²) in [6.07, 6.45) is 5.46. The highest BCUT2D eigenvalue weighted by atomic mass is 127. The van der Waals surface area contributed by atoms with Crippen LogP contribution in [0.15, 0.2) is 60.0 Å². The maximum atomic E-state index is 13.0. The first-order chi connectivity index (χ1) is 13.2. The summed E-state index contributed by atoms with van der Waals surface area (Å²) in [6, 6.07) is 10.4. The van der Waals surface area contributed by atoms with Crippen molar-refractivity contribution in [3.63, 3.8) is 0 Å². The fraction of sp³-hybridized carbons (Fsp3) is 0.250. The molecule has 0 saturated carbocycles. The van der Waals surface area contributed by atoms with Crippen molar-refractivity contribution in [2.24, 2.45) is 4.99 Å². The van der Waals surface area contributed by atoms with Crippen LogP contribution in [0.25, 0.3) is 5.82 Å². The highest BCUT2D eigenvalue weighted by Crippen LogP contribution is 2.09. The number of aromatic nitrogens is 3. The molecular formula is C20H24FIN6. The van der Waals surface area contributed by atoms with E-state index in [2.05, 4.69) is 25.6 Å². The van der Waals surface area contributed by atoms with E-state index in [9.17, 15) is 4.39 Å². The third-order valence-corrected chi connectivity index (χ3v) is 4.02. The Kier molecular flexibility index (Phi) is 8.37. The van der Waals surface area contributed by atoms with Crippen LogP contribution in [0.4, 0.5) is 4.39 Å². The molecule has 0 spiro atoms. The van der Waals surface area contributed by atoms with Crippen LogP contribution in [-0.4, -0.2) is 27.0 Å². The summed E-state index contributed by atoms with van der Waals surface area (Å²) in [6.45, 7) is 5.79.